The molecule has 6 N–H and O–H groups in total. The van der Waals surface area contributed by atoms with E-state index in [9.17, 15) is 4.79 Å². The van der Waals surface area contributed by atoms with Crippen LogP contribution in [-0.4, -0.2) is 35.4 Å². The number of rotatable bonds is 5. The number of nitrogens with zero attached hydrogens (tertiary/aromatic N) is 1. The normalized spacial score (nSPS) is 23.9. The molecule has 104 valence electrons. The number of hydrogen-bond donors (Lipinski definition) is 5. The number of hydrogen-bond acceptors (Lipinski definition) is 6. The summed E-state index contributed by atoms with van der Waals surface area (Å²) < 4.78 is 0. The van der Waals surface area contributed by atoms with E-state index >= 15 is 0 Å². The minimum absolute atomic E-state index is 0.101. The lowest BCUT2D eigenvalue weighted by Crippen LogP contribution is -2.64. The summed E-state index contributed by atoms with van der Waals surface area (Å²) in [7, 11) is 0. The first-order valence-electron chi connectivity index (χ1n) is 5.64. The summed E-state index contributed by atoms with van der Waals surface area (Å²) in [5, 5.41) is 18.1. The van der Waals surface area contributed by atoms with Gasteiger partial charge in [0.15, 0.2) is 11.7 Å². The zero-order chi connectivity index (χ0) is 13.9. The smallest absolute Gasteiger partial charge is 0.236 e. The molecule has 1 amide bonds. The van der Waals surface area contributed by atoms with Crippen LogP contribution in [0.2, 0.25) is 0 Å². The van der Waals surface area contributed by atoms with Crippen molar-refractivity contribution < 1.29 is 4.79 Å². The SMILES string of the molecule is CSC(CC1(NC(=N)N)NCC(=O)N1)c1cscn1. The highest BCUT2D eigenvalue weighted by Crippen LogP contribution is 2.33. The van der Waals surface area contributed by atoms with Crippen molar-refractivity contribution in [2.45, 2.75) is 17.5 Å². The van der Waals surface area contributed by atoms with Gasteiger partial charge in [-0.2, -0.15) is 11.8 Å². The van der Waals surface area contributed by atoms with Crippen molar-refractivity contribution in [1.82, 2.24) is 20.9 Å². The van der Waals surface area contributed by atoms with Crippen LogP contribution in [0.1, 0.15) is 17.4 Å². The van der Waals surface area contributed by atoms with Crippen molar-refractivity contribution in [3.63, 3.8) is 0 Å². The molecule has 2 heterocycles. The summed E-state index contributed by atoms with van der Waals surface area (Å²) in [4.78, 5) is 15.8. The summed E-state index contributed by atoms with van der Waals surface area (Å²) in [5.41, 5.74) is 8.14. The van der Waals surface area contributed by atoms with E-state index < -0.39 is 5.79 Å². The quantitative estimate of drug-likeness (QED) is 0.380. The summed E-state index contributed by atoms with van der Waals surface area (Å²) in [6.07, 6.45) is 2.53. The van der Waals surface area contributed by atoms with Crippen molar-refractivity contribution in [2.75, 3.05) is 12.8 Å². The Morgan fingerprint density at radius 1 is 1.84 bits per heavy atom. The van der Waals surface area contributed by atoms with Gasteiger partial charge < -0.3 is 16.4 Å². The maximum atomic E-state index is 11.5. The van der Waals surface area contributed by atoms with Gasteiger partial charge in [-0.25, -0.2) is 4.98 Å². The van der Waals surface area contributed by atoms with E-state index in [1.807, 2.05) is 11.6 Å². The van der Waals surface area contributed by atoms with Crippen LogP contribution in [-0.2, 0) is 4.79 Å². The average Bonchev–Trinajstić information content (AvgIpc) is 2.96. The molecule has 1 saturated heterocycles. The first kappa shape index (κ1) is 14.1. The third-order valence-corrected chi connectivity index (χ3v) is 4.39. The second kappa shape index (κ2) is 5.76. The Hall–Kier alpha value is -1.32. The van der Waals surface area contributed by atoms with Gasteiger partial charge in [-0.1, -0.05) is 0 Å². The highest BCUT2D eigenvalue weighted by molar-refractivity contribution is 7.98. The molecule has 0 bridgehead atoms. The predicted octanol–water partition coefficient (Wildman–Crippen LogP) is -0.206. The average molecular weight is 300 g/mol. The fourth-order valence-corrected chi connectivity index (χ4v) is 3.49. The molecule has 9 heteroatoms. The van der Waals surface area contributed by atoms with Crippen LogP contribution in [0, 0.1) is 5.41 Å². The Labute approximate surface area is 119 Å². The van der Waals surface area contributed by atoms with E-state index in [4.69, 9.17) is 11.1 Å². The Balaban J connectivity index is 2.15. The largest absolute Gasteiger partial charge is 0.370 e. The maximum absolute atomic E-state index is 11.5. The lowest BCUT2D eigenvalue weighted by molar-refractivity contribution is -0.118. The Bertz CT molecular complexity index is 465. The molecule has 1 aromatic heterocycles. The van der Waals surface area contributed by atoms with Crippen molar-refractivity contribution in [2.24, 2.45) is 5.73 Å². The molecule has 1 aliphatic heterocycles. The van der Waals surface area contributed by atoms with Crippen LogP contribution in [0.5, 0.6) is 0 Å². The van der Waals surface area contributed by atoms with Crippen LogP contribution < -0.4 is 21.7 Å². The standard InChI is InChI=1S/C10H16N6OS2/c1-18-7(6-4-19-5-13-6)2-10(16-9(11)12)14-3-8(17)15-10/h4-5,7,14H,2-3H2,1H3,(H,15,17)(H4,11,12,16). The highest BCUT2D eigenvalue weighted by Gasteiger charge is 2.40. The first-order chi connectivity index (χ1) is 9.04. The third-order valence-electron chi connectivity index (χ3n) is 2.81. The maximum Gasteiger partial charge on any atom is 0.236 e. The molecule has 0 aliphatic carbocycles. The van der Waals surface area contributed by atoms with Crippen molar-refractivity contribution >= 4 is 35.0 Å². The zero-order valence-electron chi connectivity index (χ0n) is 10.4. The second-order valence-corrected chi connectivity index (χ2v) is 5.95. The number of nitrogens with one attached hydrogen (secondary N) is 4. The molecule has 1 aliphatic rings. The molecule has 0 spiro atoms. The fraction of sp³-hybridized carbons (Fsp3) is 0.500. The van der Waals surface area contributed by atoms with Gasteiger partial charge in [0.25, 0.3) is 0 Å². The predicted molar refractivity (Wildman–Crippen MR) is 76.9 cm³/mol. The minimum atomic E-state index is -0.875. The van der Waals surface area contributed by atoms with Gasteiger partial charge in [-0.3, -0.25) is 15.5 Å². The summed E-state index contributed by atoms with van der Waals surface area (Å²) in [6.45, 7) is 0.207. The molecule has 0 radical (unpaired) electrons. The van der Waals surface area contributed by atoms with Crippen molar-refractivity contribution in [3.05, 3.63) is 16.6 Å². The van der Waals surface area contributed by atoms with Gasteiger partial charge in [-0.15, -0.1) is 11.3 Å². The topological polar surface area (TPSA) is 116 Å². The lowest BCUT2D eigenvalue weighted by atomic mass is 10.1. The van der Waals surface area contributed by atoms with E-state index in [2.05, 4.69) is 20.9 Å². The molecule has 2 unspecified atom stereocenters. The van der Waals surface area contributed by atoms with Gasteiger partial charge in [0.2, 0.25) is 5.91 Å². The van der Waals surface area contributed by atoms with E-state index in [1.54, 1.807) is 17.3 Å². The van der Waals surface area contributed by atoms with Gasteiger partial charge in [0.1, 0.15) is 0 Å². The van der Waals surface area contributed by atoms with Crippen molar-refractivity contribution in [3.8, 4) is 0 Å². The number of thioether (sulfide) groups is 1. The monoisotopic (exact) mass is 300 g/mol. The van der Waals surface area contributed by atoms with Gasteiger partial charge in [-0.05, 0) is 6.26 Å². The zero-order valence-corrected chi connectivity index (χ0v) is 12.0. The Morgan fingerprint density at radius 3 is 3.11 bits per heavy atom. The molecule has 2 atom stereocenters. The van der Waals surface area contributed by atoms with Crippen LogP contribution in [0.25, 0.3) is 0 Å². The summed E-state index contributed by atoms with van der Waals surface area (Å²) in [5.74, 6) is -1.18. The molecule has 1 aromatic rings. The van der Waals surface area contributed by atoms with Crippen LogP contribution >= 0.6 is 23.1 Å². The van der Waals surface area contributed by atoms with E-state index in [0.717, 1.165) is 5.69 Å². The van der Waals surface area contributed by atoms with Crippen LogP contribution in [0.4, 0.5) is 0 Å². The third kappa shape index (κ3) is 3.37. The summed E-state index contributed by atoms with van der Waals surface area (Å²) >= 11 is 3.18. The van der Waals surface area contributed by atoms with Gasteiger partial charge in [0, 0.05) is 11.8 Å². The number of amides is 1. The van der Waals surface area contributed by atoms with Gasteiger partial charge >= 0.3 is 0 Å². The Morgan fingerprint density at radius 2 is 2.63 bits per heavy atom. The number of guanidine groups is 1. The molecule has 0 saturated carbocycles. The summed E-state index contributed by atoms with van der Waals surface area (Å²) in [6, 6.07) is 0. The second-order valence-electron chi connectivity index (χ2n) is 4.19. The molecule has 1 fully saturated rings. The number of nitrogens with two attached hydrogens (primary N) is 1. The number of carbonyl (C=O) groups is 1. The molecule has 7 nitrogen and oxygen atoms in total. The first-order valence-corrected chi connectivity index (χ1v) is 7.87. The van der Waals surface area contributed by atoms with Crippen LogP contribution in [0.15, 0.2) is 10.9 Å². The van der Waals surface area contributed by atoms with Gasteiger partial charge in [0.05, 0.1) is 23.0 Å². The molecule has 2 rings (SSSR count). The Kier molecular flexibility index (Phi) is 4.27. The van der Waals surface area contributed by atoms with E-state index in [-0.39, 0.29) is 23.7 Å². The van der Waals surface area contributed by atoms with E-state index in [1.165, 1.54) is 11.3 Å². The number of aromatic nitrogens is 1. The molecular weight excluding hydrogens is 284 g/mol. The minimum Gasteiger partial charge on any atom is -0.370 e. The van der Waals surface area contributed by atoms with E-state index in [0.29, 0.717) is 6.42 Å². The molecule has 0 aromatic carbocycles. The van der Waals surface area contributed by atoms with Crippen molar-refractivity contribution in [1.29, 1.82) is 5.41 Å². The molecule has 19 heavy (non-hydrogen) atoms. The number of thiazole rings is 1. The molecular formula is C10H16N6OS2. The fourth-order valence-electron chi connectivity index (χ4n) is 2.00. The number of carbonyl (C=O) groups excluding carboxylic acids is 1. The van der Waals surface area contributed by atoms with Crippen LogP contribution in [0.3, 0.4) is 0 Å². The lowest BCUT2D eigenvalue weighted by Gasteiger charge is -2.33. The highest BCUT2D eigenvalue weighted by atomic mass is 32.2.